The van der Waals surface area contributed by atoms with Crippen molar-refractivity contribution in [3.05, 3.63) is 0 Å². The lowest BCUT2D eigenvalue weighted by atomic mass is 10.2. The summed E-state index contributed by atoms with van der Waals surface area (Å²) in [4.78, 5) is 4.92. The van der Waals surface area contributed by atoms with Gasteiger partial charge in [-0.05, 0) is 45.5 Å². The van der Waals surface area contributed by atoms with Crippen LogP contribution in [0.5, 0.6) is 0 Å². The molecule has 0 aromatic rings. The molecule has 0 fully saturated rings. The van der Waals surface area contributed by atoms with E-state index in [2.05, 4.69) is 49.2 Å². The molecular formula is C14H33N3S. The maximum absolute atomic E-state index is 3.54. The van der Waals surface area contributed by atoms with Gasteiger partial charge in [-0.1, -0.05) is 13.8 Å². The third-order valence-corrected chi connectivity index (χ3v) is 4.28. The molecule has 0 aromatic heterocycles. The Morgan fingerprint density at radius 3 is 2.28 bits per heavy atom. The summed E-state index contributed by atoms with van der Waals surface area (Å²) in [5.74, 6) is 1.26. The van der Waals surface area contributed by atoms with Gasteiger partial charge in [-0.25, -0.2) is 0 Å². The molecular weight excluding hydrogens is 242 g/mol. The van der Waals surface area contributed by atoms with Gasteiger partial charge in [-0.2, -0.15) is 11.8 Å². The van der Waals surface area contributed by atoms with E-state index in [0.29, 0.717) is 6.04 Å². The minimum atomic E-state index is 0.696. The summed E-state index contributed by atoms with van der Waals surface area (Å²) in [6.45, 7) is 13.6. The molecule has 4 heteroatoms. The molecule has 18 heavy (non-hydrogen) atoms. The average Bonchev–Trinajstić information content (AvgIpc) is 2.39. The van der Waals surface area contributed by atoms with E-state index in [-0.39, 0.29) is 0 Å². The normalized spacial score (nSPS) is 13.5. The van der Waals surface area contributed by atoms with Gasteiger partial charge >= 0.3 is 0 Å². The van der Waals surface area contributed by atoms with Crippen molar-refractivity contribution in [3.63, 3.8) is 0 Å². The van der Waals surface area contributed by atoms with Crippen LogP contribution in [0.25, 0.3) is 0 Å². The quantitative estimate of drug-likeness (QED) is 0.549. The number of rotatable bonds is 12. The summed E-state index contributed by atoms with van der Waals surface area (Å²) < 4.78 is 0. The molecule has 0 saturated heterocycles. The molecule has 1 unspecified atom stereocenters. The highest BCUT2D eigenvalue weighted by Gasteiger charge is 2.07. The average molecular weight is 276 g/mol. The Bertz CT molecular complexity index is 174. The van der Waals surface area contributed by atoms with E-state index in [1.54, 1.807) is 0 Å². The molecule has 0 saturated carbocycles. The summed E-state index contributed by atoms with van der Waals surface area (Å²) in [6.07, 6.45) is 3.47. The number of hydrogen-bond acceptors (Lipinski definition) is 4. The Balaban J connectivity index is 3.47. The SMILES string of the molecule is CCN(CC)CCNCCN(C)C(C)CCSC. The van der Waals surface area contributed by atoms with Crippen molar-refractivity contribution in [1.82, 2.24) is 15.1 Å². The molecule has 0 rings (SSSR count). The van der Waals surface area contributed by atoms with E-state index >= 15 is 0 Å². The lowest BCUT2D eigenvalue weighted by Crippen LogP contribution is -2.38. The molecule has 0 amide bonds. The summed E-state index contributed by atoms with van der Waals surface area (Å²) in [7, 11) is 2.23. The van der Waals surface area contributed by atoms with Crippen molar-refractivity contribution in [2.24, 2.45) is 0 Å². The summed E-state index contributed by atoms with van der Waals surface area (Å²) in [6, 6.07) is 0.696. The molecule has 0 aliphatic carbocycles. The van der Waals surface area contributed by atoms with Gasteiger partial charge in [0.25, 0.3) is 0 Å². The number of nitrogens with one attached hydrogen (secondary N) is 1. The Morgan fingerprint density at radius 2 is 1.72 bits per heavy atom. The smallest absolute Gasteiger partial charge is 0.0107 e. The van der Waals surface area contributed by atoms with Crippen LogP contribution in [0.15, 0.2) is 0 Å². The van der Waals surface area contributed by atoms with Crippen LogP contribution in [0.2, 0.25) is 0 Å². The minimum Gasteiger partial charge on any atom is -0.314 e. The third kappa shape index (κ3) is 9.20. The van der Waals surface area contributed by atoms with E-state index in [1.807, 2.05) is 11.8 Å². The fourth-order valence-electron chi connectivity index (χ4n) is 1.89. The van der Waals surface area contributed by atoms with Crippen molar-refractivity contribution >= 4 is 11.8 Å². The van der Waals surface area contributed by atoms with Crippen LogP contribution in [0, 0.1) is 0 Å². The van der Waals surface area contributed by atoms with Gasteiger partial charge in [-0.15, -0.1) is 0 Å². The van der Waals surface area contributed by atoms with E-state index in [9.17, 15) is 0 Å². The topological polar surface area (TPSA) is 18.5 Å². The Kier molecular flexibility index (Phi) is 12.4. The van der Waals surface area contributed by atoms with Crippen molar-refractivity contribution in [3.8, 4) is 0 Å². The van der Waals surface area contributed by atoms with Crippen molar-refractivity contribution in [2.75, 3.05) is 58.3 Å². The molecule has 0 heterocycles. The lowest BCUT2D eigenvalue weighted by molar-refractivity contribution is 0.248. The third-order valence-electron chi connectivity index (χ3n) is 3.63. The van der Waals surface area contributed by atoms with Gasteiger partial charge < -0.3 is 15.1 Å². The minimum absolute atomic E-state index is 0.696. The first-order valence-corrected chi connectivity index (χ1v) is 8.67. The van der Waals surface area contributed by atoms with Crippen LogP contribution in [0.3, 0.4) is 0 Å². The van der Waals surface area contributed by atoms with Gasteiger partial charge in [0.05, 0.1) is 0 Å². The van der Waals surface area contributed by atoms with Crippen LogP contribution in [-0.2, 0) is 0 Å². The van der Waals surface area contributed by atoms with Crippen LogP contribution in [0.1, 0.15) is 27.2 Å². The van der Waals surface area contributed by atoms with Crippen molar-refractivity contribution in [2.45, 2.75) is 33.2 Å². The Morgan fingerprint density at radius 1 is 1.11 bits per heavy atom. The predicted octanol–water partition coefficient (Wildman–Crippen LogP) is 1.99. The zero-order valence-electron chi connectivity index (χ0n) is 13.0. The van der Waals surface area contributed by atoms with E-state index in [4.69, 9.17) is 0 Å². The fourth-order valence-corrected chi connectivity index (χ4v) is 2.46. The van der Waals surface area contributed by atoms with Gasteiger partial charge in [0.15, 0.2) is 0 Å². The molecule has 0 bridgehead atoms. The molecule has 0 aliphatic rings. The second-order valence-corrected chi connectivity index (χ2v) is 5.87. The van der Waals surface area contributed by atoms with Crippen LogP contribution in [0.4, 0.5) is 0 Å². The van der Waals surface area contributed by atoms with Crippen molar-refractivity contribution in [1.29, 1.82) is 0 Å². The standard InChI is InChI=1S/C14H33N3S/c1-6-17(7-2)12-10-15-9-11-16(4)14(3)8-13-18-5/h14-15H,6-13H2,1-5H3. The Hall–Kier alpha value is 0.230. The molecule has 110 valence electrons. The number of nitrogens with zero attached hydrogens (tertiary/aromatic N) is 2. The highest BCUT2D eigenvalue weighted by atomic mass is 32.2. The monoisotopic (exact) mass is 275 g/mol. The summed E-state index contributed by atoms with van der Waals surface area (Å²) >= 11 is 1.94. The number of hydrogen-bond donors (Lipinski definition) is 1. The van der Waals surface area contributed by atoms with Crippen LogP contribution < -0.4 is 5.32 Å². The molecule has 0 spiro atoms. The highest BCUT2D eigenvalue weighted by molar-refractivity contribution is 7.98. The van der Waals surface area contributed by atoms with Gasteiger partial charge in [0.2, 0.25) is 0 Å². The largest absolute Gasteiger partial charge is 0.314 e. The molecule has 3 nitrogen and oxygen atoms in total. The molecule has 0 aromatic carbocycles. The molecule has 1 atom stereocenters. The maximum atomic E-state index is 3.54. The van der Waals surface area contributed by atoms with Gasteiger partial charge in [0, 0.05) is 32.2 Å². The first-order valence-electron chi connectivity index (χ1n) is 7.27. The van der Waals surface area contributed by atoms with Crippen LogP contribution in [-0.4, -0.2) is 74.2 Å². The zero-order valence-corrected chi connectivity index (χ0v) is 13.9. The summed E-state index contributed by atoms with van der Waals surface area (Å²) in [5, 5.41) is 3.54. The number of thioether (sulfide) groups is 1. The number of likely N-dealkylation sites (N-methyl/N-ethyl adjacent to an activating group) is 2. The maximum Gasteiger partial charge on any atom is 0.0107 e. The second kappa shape index (κ2) is 12.3. The van der Waals surface area contributed by atoms with Crippen LogP contribution >= 0.6 is 11.8 Å². The lowest BCUT2D eigenvalue weighted by Gasteiger charge is -2.25. The molecule has 0 radical (unpaired) electrons. The predicted molar refractivity (Wildman–Crippen MR) is 85.7 cm³/mol. The van der Waals surface area contributed by atoms with E-state index in [0.717, 1.165) is 32.7 Å². The zero-order chi connectivity index (χ0) is 13.8. The first-order chi connectivity index (χ1) is 8.65. The van der Waals surface area contributed by atoms with Crippen molar-refractivity contribution < 1.29 is 0 Å². The van der Waals surface area contributed by atoms with E-state index in [1.165, 1.54) is 18.7 Å². The fraction of sp³-hybridized carbons (Fsp3) is 1.00. The summed E-state index contributed by atoms with van der Waals surface area (Å²) in [5.41, 5.74) is 0. The van der Waals surface area contributed by atoms with E-state index < -0.39 is 0 Å². The first kappa shape index (κ1) is 18.2. The van der Waals surface area contributed by atoms with Gasteiger partial charge in [0.1, 0.15) is 0 Å². The Labute approximate surface area is 119 Å². The second-order valence-electron chi connectivity index (χ2n) is 4.89. The molecule has 1 N–H and O–H groups in total. The van der Waals surface area contributed by atoms with Gasteiger partial charge in [-0.3, -0.25) is 0 Å². The molecule has 0 aliphatic heterocycles. The highest BCUT2D eigenvalue weighted by Crippen LogP contribution is 2.05.